The van der Waals surface area contributed by atoms with Crippen molar-refractivity contribution in [1.29, 1.82) is 0 Å². The number of aliphatic hydroxyl groups excluding tert-OH is 1. The highest BCUT2D eigenvalue weighted by Gasteiger charge is 2.32. The minimum atomic E-state index is -0.638. The Morgan fingerprint density at radius 3 is 2.42 bits per heavy atom. The van der Waals surface area contributed by atoms with E-state index in [1.807, 2.05) is 47.4 Å². The van der Waals surface area contributed by atoms with E-state index in [0.29, 0.717) is 30.9 Å². The largest absolute Gasteiger partial charge is 0.493 e. The first-order valence-electron chi connectivity index (χ1n) is 8.77. The number of carbonyl (C=O) groups is 1. The molecule has 1 amide bonds. The third kappa shape index (κ3) is 3.68. The predicted molar refractivity (Wildman–Crippen MR) is 99.3 cm³/mol. The van der Waals surface area contributed by atoms with Gasteiger partial charge >= 0.3 is 0 Å². The second-order valence-electron chi connectivity index (χ2n) is 6.65. The zero-order valence-electron chi connectivity index (χ0n) is 15.4. The normalized spacial score (nSPS) is 18.8. The van der Waals surface area contributed by atoms with Crippen molar-refractivity contribution in [1.82, 2.24) is 4.90 Å². The second-order valence-corrected chi connectivity index (χ2v) is 6.65. The van der Waals surface area contributed by atoms with E-state index in [2.05, 4.69) is 0 Å². The van der Waals surface area contributed by atoms with Gasteiger partial charge in [-0.05, 0) is 41.7 Å². The molecular weight excluding hydrogens is 330 g/mol. The molecule has 0 radical (unpaired) electrons. The van der Waals surface area contributed by atoms with Crippen molar-refractivity contribution in [2.75, 3.05) is 14.2 Å². The Kier molecular flexibility index (Phi) is 5.47. The van der Waals surface area contributed by atoms with Crippen LogP contribution in [0.25, 0.3) is 0 Å². The number of hydrogen-bond donors (Lipinski definition) is 1. The molecule has 0 heterocycles. The fourth-order valence-electron chi connectivity index (χ4n) is 3.66. The lowest BCUT2D eigenvalue weighted by molar-refractivity contribution is -0.132. The molecule has 5 nitrogen and oxygen atoms in total. The Hall–Kier alpha value is -2.53. The van der Waals surface area contributed by atoms with E-state index < -0.39 is 6.10 Å². The van der Waals surface area contributed by atoms with Gasteiger partial charge in [-0.15, -0.1) is 0 Å². The van der Waals surface area contributed by atoms with E-state index in [9.17, 15) is 9.90 Å². The number of benzene rings is 2. The van der Waals surface area contributed by atoms with Gasteiger partial charge in [0.2, 0.25) is 5.91 Å². The third-order valence-corrected chi connectivity index (χ3v) is 5.00. The van der Waals surface area contributed by atoms with Gasteiger partial charge in [0, 0.05) is 19.5 Å². The summed E-state index contributed by atoms with van der Waals surface area (Å²) in [7, 11) is 3.18. The number of aliphatic hydroxyl groups is 1. The molecule has 0 aromatic heterocycles. The minimum absolute atomic E-state index is 0.00924. The van der Waals surface area contributed by atoms with Crippen LogP contribution in [0, 0.1) is 0 Å². The number of carbonyl (C=O) groups excluding carboxylic acids is 1. The maximum absolute atomic E-state index is 12.3. The van der Waals surface area contributed by atoms with Gasteiger partial charge in [-0.1, -0.05) is 30.3 Å². The summed E-state index contributed by atoms with van der Waals surface area (Å²) < 4.78 is 10.7. The van der Waals surface area contributed by atoms with Crippen LogP contribution in [0.3, 0.4) is 0 Å². The second kappa shape index (κ2) is 7.79. The lowest BCUT2D eigenvalue weighted by Gasteiger charge is -2.37. The van der Waals surface area contributed by atoms with E-state index in [1.165, 1.54) is 0 Å². The van der Waals surface area contributed by atoms with Gasteiger partial charge in [0.05, 0.1) is 20.3 Å². The van der Waals surface area contributed by atoms with Crippen molar-refractivity contribution in [3.63, 3.8) is 0 Å². The first-order chi connectivity index (χ1) is 12.5. The quantitative estimate of drug-likeness (QED) is 0.895. The van der Waals surface area contributed by atoms with E-state index in [-0.39, 0.29) is 11.9 Å². The third-order valence-electron chi connectivity index (χ3n) is 5.00. The molecule has 26 heavy (non-hydrogen) atoms. The molecule has 5 heteroatoms. The standard InChI is InChI=1S/C21H25NO4/c1-14(23)22(13-15-7-5-4-6-8-15)17-9-16-10-20(25-2)21(26-3)12-18(16)19(24)11-17/h4-8,10,12,17,19,24H,9,11,13H2,1-3H3. The average Bonchev–Trinajstić information content (AvgIpc) is 2.65. The number of hydrogen-bond acceptors (Lipinski definition) is 4. The number of methoxy groups -OCH3 is 2. The Balaban J connectivity index is 1.89. The van der Waals surface area contributed by atoms with Crippen LogP contribution in [0.4, 0.5) is 0 Å². The molecule has 1 aliphatic rings. The van der Waals surface area contributed by atoms with Crippen LogP contribution in [-0.4, -0.2) is 36.2 Å². The summed E-state index contributed by atoms with van der Waals surface area (Å²) in [6.07, 6.45) is 0.551. The molecule has 0 aliphatic heterocycles. The molecule has 3 rings (SSSR count). The molecule has 1 aliphatic carbocycles. The topological polar surface area (TPSA) is 59.0 Å². The van der Waals surface area contributed by atoms with Gasteiger partial charge in [0.1, 0.15) is 0 Å². The highest BCUT2D eigenvalue weighted by molar-refractivity contribution is 5.73. The van der Waals surface area contributed by atoms with Crippen LogP contribution in [0.2, 0.25) is 0 Å². The van der Waals surface area contributed by atoms with Crippen molar-refractivity contribution in [3.05, 3.63) is 59.2 Å². The van der Waals surface area contributed by atoms with Gasteiger partial charge in [-0.3, -0.25) is 4.79 Å². The van der Waals surface area contributed by atoms with Crippen LogP contribution >= 0.6 is 0 Å². The average molecular weight is 355 g/mol. The van der Waals surface area contributed by atoms with Gasteiger partial charge in [-0.25, -0.2) is 0 Å². The van der Waals surface area contributed by atoms with Crippen LogP contribution < -0.4 is 9.47 Å². The smallest absolute Gasteiger partial charge is 0.220 e. The summed E-state index contributed by atoms with van der Waals surface area (Å²) in [6, 6.07) is 13.6. The van der Waals surface area contributed by atoms with Gasteiger partial charge in [-0.2, -0.15) is 0 Å². The van der Waals surface area contributed by atoms with Gasteiger partial charge < -0.3 is 19.5 Å². The fourth-order valence-corrected chi connectivity index (χ4v) is 3.66. The van der Waals surface area contributed by atoms with Crippen molar-refractivity contribution < 1.29 is 19.4 Å². The van der Waals surface area contributed by atoms with E-state index >= 15 is 0 Å². The van der Waals surface area contributed by atoms with Gasteiger partial charge in [0.15, 0.2) is 11.5 Å². The lowest BCUT2D eigenvalue weighted by Crippen LogP contribution is -2.42. The van der Waals surface area contributed by atoms with Crippen molar-refractivity contribution in [2.45, 2.75) is 38.5 Å². The molecule has 2 aromatic rings. The minimum Gasteiger partial charge on any atom is -0.493 e. The molecule has 0 spiro atoms. The van der Waals surface area contributed by atoms with Crippen molar-refractivity contribution >= 4 is 5.91 Å². The number of rotatable bonds is 5. The zero-order chi connectivity index (χ0) is 18.7. The summed E-state index contributed by atoms with van der Waals surface area (Å²) in [5.41, 5.74) is 2.92. The first kappa shape index (κ1) is 18.3. The zero-order valence-corrected chi connectivity index (χ0v) is 15.4. The molecular formula is C21H25NO4. The molecule has 0 saturated heterocycles. The summed E-state index contributed by atoms with van der Waals surface area (Å²) in [5, 5.41) is 10.7. The summed E-state index contributed by atoms with van der Waals surface area (Å²) in [6.45, 7) is 2.12. The highest BCUT2D eigenvalue weighted by atomic mass is 16.5. The Bertz CT molecular complexity index is 775. The monoisotopic (exact) mass is 355 g/mol. The van der Waals surface area contributed by atoms with Crippen LogP contribution in [0.5, 0.6) is 11.5 Å². The number of fused-ring (bicyclic) bond motifs is 1. The molecule has 0 fully saturated rings. The Morgan fingerprint density at radius 2 is 1.81 bits per heavy atom. The Labute approximate surface area is 154 Å². The molecule has 2 unspecified atom stereocenters. The van der Waals surface area contributed by atoms with Crippen LogP contribution in [-0.2, 0) is 17.8 Å². The SMILES string of the molecule is COc1cc2c(cc1OC)C(O)CC(N(Cc1ccccc1)C(C)=O)C2. The molecule has 0 bridgehead atoms. The summed E-state index contributed by atoms with van der Waals surface area (Å²) >= 11 is 0. The Morgan fingerprint density at radius 1 is 1.15 bits per heavy atom. The molecule has 138 valence electrons. The highest BCUT2D eigenvalue weighted by Crippen LogP contribution is 2.39. The fraction of sp³-hybridized carbons (Fsp3) is 0.381. The lowest BCUT2D eigenvalue weighted by atomic mass is 9.84. The van der Waals surface area contributed by atoms with Crippen molar-refractivity contribution in [3.8, 4) is 11.5 Å². The molecule has 2 atom stereocenters. The van der Waals surface area contributed by atoms with Crippen LogP contribution in [0.1, 0.15) is 36.1 Å². The first-order valence-corrected chi connectivity index (χ1v) is 8.77. The van der Waals surface area contributed by atoms with E-state index in [0.717, 1.165) is 16.7 Å². The maximum atomic E-state index is 12.3. The molecule has 1 N–H and O–H groups in total. The van der Waals surface area contributed by atoms with Gasteiger partial charge in [0.25, 0.3) is 0 Å². The molecule has 0 saturated carbocycles. The summed E-state index contributed by atoms with van der Waals surface area (Å²) in [4.78, 5) is 14.1. The van der Waals surface area contributed by atoms with Crippen LogP contribution in [0.15, 0.2) is 42.5 Å². The number of ether oxygens (including phenoxy) is 2. The van der Waals surface area contributed by atoms with E-state index in [1.54, 1.807) is 21.1 Å². The molecule has 2 aromatic carbocycles. The summed E-state index contributed by atoms with van der Waals surface area (Å²) in [5.74, 6) is 1.25. The maximum Gasteiger partial charge on any atom is 0.220 e. The number of nitrogens with zero attached hydrogens (tertiary/aromatic N) is 1. The number of amides is 1. The van der Waals surface area contributed by atoms with Crippen molar-refractivity contribution in [2.24, 2.45) is 0 Å². The van der Waals surface area contributed by atoms with E-state index in [4.69, 9.17) is 9.47 Å². The predicted octanol–water partition coefficient (Wildman–Crippen LogP) is 3.10.